The number of carbonyl (C=O) groups excluding carboxylic acids is 1. The second-order valence-electron chi connectivity index (χ2n) is 6.56. The van der Waals surface area contributed by atoms with Crippen LogP contribution < -0.4 is 5.32 Å². The van der Waals surface area contributed by atoms with Crippen molar-refractivity contribution in [3.05, 3.63) is 35.1 Å². The van der Waals surface area contributed by atoms with Crippen molar-refractivity contribution in [2.75, 3.05) is 13.1 Å². The molecule has 1 aliphatic carbocycles. The number of carbonyl (C=O) groups is 1. The summed E-state index contributed by atoms with van der Waals surface area (Å²) < 4.78 is 13.8. The molecule has 2 aliphatic rings. The van der Waals surface area contributed by atoms with Crippen LogP contribution in [0.5, 0.6) is 0 Å². The molecular formula is C18H25FN2O. The summed E-state index contributed by atoms with van der Waals surface area (Å²) in [6.07, 6.45) is 6.80. The van der Waals surface area contributed by atoms with Gasteiger partial charge in [0.1, 0.15) is 5.82 Å². The summed E-state index contributed by atoms with van der Waals surface area (Å²) >= 11 is 0. The highest BCUT2D eigenvalue weighted by molar-refractivity contribution is 5.96. The molecule has 0 aromatic heterocycles. The summed E-state index contributed by atoms with van der Waals surface area (Å²) in [5.74, 6) is -0.281. The average molecular weight is 304 g/mol. The van der Waals surface area contributed by atoms with E-state index in [9.17, 15) is 9.18 Å². The first-order valence-electron chi connectivity index (χ1n) is 8.47. The predicted octanol–water partition coefficient (Wildman–Crippen LogP) is 3.27. The molecule has 22 heavy (non-hydrogen) atoms. The van der Waals surface area contributed by atoms with E-state index >= 15 is 0 Å². The van der Waals surface area contributed by atoms with Crippen LogP contribution in [-0.2, 0) is 0 Å². The van der Waals surface area contributed by atoms with Crippen LogP contribution in [0, 0.1) is 12.7 Å². The first-order chi connectivity index (χ1) is 10.7. The zero-order chi connectivity index (χ0) is 15.5. The molecule has 1 aliphatic heterocycles. The van der Waals surface area contributed by atoms with Crippen molar-refractivity contribution < 1.29 is 9.18 Å². The van der Waals surface area contributed by atoms with Gasteiger partial charge in [-0.1, -0.05) is 25.3 Å². The van der Waals surface area contributed by atoms with Crippen LogP contribution in [0.25, 0.3) is 0 Å². The Hall–Kier alpha value is -1.42. The summed E-state index contributed by atoms with van der Waals surface area (Å²) in [5, 5.41) is 3.36. The van der Waals surface area contributed by atoms with Gasteiger partial charge in [0.2, 0.25) is 0 Å². The summed E-state index contributed by atoms with van der Waals surface area (Å²) in [6, 6.07) is 5.39. The van der Waals surface area contributed by atoms with Gasteiger partial charge >= 0.3 is 0 Å². The minimum absolute atomic E-state index is 0.0117. The molecule has 4 heteroatoms. The van der Waals surface area contributed by atoms with E-state index in [0.717, 1.165) is 32.4 Å². The van der Waals surface area contributed by atoms with Gasteiger partial charge in [0.05, 0.1) is 0 Å². The molecular weight excluding hydrogens is 279 g/mol. The molecule has 3 nitrogen and oxygen atoms in total. The number of nitrogens with zero attached hydrogens (tertiary/aromatic N) is 1. The van der Waals surface area contributed by atoms with Crippen LogP contribution in [0.4, 0.5) is 4.39 Å². The number of halogens is 1. The molecule has 1 heterocycles. The third kappa shape index (κ3) is 3.02. The molecule has 1 atom stereocenters. The van der Waals surface area contributed by atoms with Crippen molar-refractivity contribution in [3.8, 4) is 0 Å². The monoisotopic (exact) mass is 304 g/mol. The van der Waals surface area contributed by atoms with Crippen LogP contribution >= 0.6 is 0 Å². The molecule has 3 rings (SSSR count). The van der Waals surface area contributed by atoms with Gasteiger partial charge in [-0.05, 0) is 50.4 Å². The van der Waals surface area contributed by atoms with Gasteiger partial charge in [0.15, 0.2) is 0 Å². The maximum absolute atomic E-state index is 13.8. The third-order valence-electron chi connectivity index (χ3n) is 5.13. The number of benzene rings is 1. The molecule has 0 spiro atoms. The second-order valence-corrected chi connectivity index (χ2v) is 6.56. The fraction of sp³-hybridized carbons (Fsp3) is 0.611. The van der Waals surface area contributed by atoms with Crippen LogP contribution in [0.15, 0.2) is 18.2 Å². The molecule has 1 unspecified atom stereocenters. The molecule has 120 valence electrons. The number of nitrogens with one attached hydrogen (secondary N) is 1. The summed E-state index contributed by atoms with van der Waals surface area (Å²) in [7, 11) is 0. The molecule has 1 N–H and O–H groups in total. The van der Waals surface area contributed by atoms with E-state index in [1.807, 2.05) is 0 Å². The van der Waals surface area contributed by atoms with Crippen molar-refractivity contribution in [1.29, 1.82) is 0 Å². The molecule has 0 radical (unpaired) electrons. The molecule has 0 bridgehead atoms. The summed E-state index contributed by atoms with van der Waals surface area (Å²) in [5.41, 5.74) is 0.997. The molecule has 1 aromatic rings. The molecule has 1 saturated heterocycles. The Morgan fingerprint density at radius 2 is 1.95 bits per heavy atom. The molecule has 1 saturated carbocycles. The lowest BCUT2D eigenvalue weighted by Gasteiger charge is -2.38. The number of rotatable bonds is 3. The summed E-state index contributed by atoms with van der Waals surface area (Å²) in [6.45, 7) is 3.52. The van der Waals surface area contributed by atoms with Crippen LogP contribution in [-0.4, -0.2) is 36.0 Å². The smallest absolute Gasteiger partial charge is 0.254 e. The van der Waals surface area contributed by atoms with E-state index in [4.69, 9.17) is 0 Å². The highest BCUT2D eigenvalue weighted by Crippen LogP contribution is 2.28. The Morgan fingerprint density at radius 3 is 2.64 bits per heavy atom. The highest BCUT2D eigenvalue weighted by atomic mass is 19.1. The van der Waals surface area contributed by atoms with Gasteiger partial charge in [0.25, 0.3) is 5.91 Å². The minimum atomic E-state index is -0.293. The minimum Gasteiger partial charge on any atom is -0.331 e. The van der Waals surface area contributed by atoms with E-state index in [1.165, 1.54) is 25.3 Å². The first-order valence-corrected chi connectivity index (χ1v) is 8.47. The summed E-state index contributed by atoms with van der Waals surface area (Å²) in [4.78, 5) is 15.2. The zero-order valence-electron chi connectivity index (χ0n) is 13.3. The van der Waals surface area contributed by atoms with E-state index in [1.54, 1.807) is 19.1 Å². The zero-order valence-corrected chi connectivity index (χ0v) is 13.3. The quantitative estimate of drug-likeness (QED) is 0.929. The number of hydrogen-bond acceptors (Lipinski definition) is 2. The molecule has 1 aromatic carbocycles. The lowest BCUT2D eigenvalue weighted by Crippen LogP contribution is -2.49. The number of hydrogen-bond donors (Lipinski definition) is 1. The largest absolute Gasteiger partial charge is 0.331 e. The Bertz CT molecular complexity index is 534. The van der Waals surface area contributed by atoms with Crippen LogP contribution in [0.2, 0.25) is 0 Å². The van der Waals surface area contributed by atoms with Crippen molar-refractivity contribution in [3.63, 3.8) is 0 Å². The standard InChI is InChI=1S/C18H25FN2O/c1-13-16(8-5-9-17(13)19)18(22)21(15-10-11-20-12-15)14-6-3-2-4-7-14/h5,8-9,14-15,20H,2-4,6-7,10-12H2,1H3. The Kier molecular flexibility index (Phi) is 4.77. The Labute approximate surface area is 131 Å². The fourth-order valence-electron chi connectivity index (χ4n) is 3.84. The van der Waals surface area contributed by atoms with Gasteiger partial charge < -0.3 is 10.2 Å². The van der Waals surface area contributed by atoms with Crippen LogP contribution in [0.1, 0.15) is 54.4 Å². The normalized spacial score (nSPS) is 22.7. The lowest BCUT2D eigenvalue weighted by molar-refractivity contribution is 0.0533. The highest BCUT2D eigenvalue weighted by Gasteiger charge is 2.34. The predicted molar refractivity (Wildman–Crippen MR) is 85.5 cm³/mol. The fourth-order valence-corrected chi connectivity index (χ4v) is 3.84. The topological polar surface area (TPSA) is 32.3 Å². The first kappa shape index (κ1) is 15.5. The van der Waals surface area contributed by atoms with Gasteiger partial charge in [-0.15, -0.1) is 0 Å². The SMILES string of the molecule is Cc1c(F)cccc1C(=O)N(C1CCCCC1)C1CCNC1. The van der Waals surface area contributed by atoms with E-state index in [0.29, 0.717) is 17.2 Å². The van der Waals surface area contributed by atoms with Crippen LogP contribution in [0.3, 0.4) is 0 Å². The van der Waals surface area contributed by atoms with Crippen molar-refractivity contribution in [2.45, 2.75) is 57.5 Å². The number of amides is 1. The molecule has 2 fully saturated rings. The van der Waals surface area contributed by atoms with Gasteiger partial charge in [0, 0.05) is 24.2 Å². The lowest BCUT2D eigenvalue weighted by atomic mass is 9.92. The maximum atomic E-state index is 13.8. The van der Waals surface area contributed by atoms with Crippen molar-refractivity contribution >= 4 is 5.91 Å². The van der Waals surface area contributed by atoms with Gasteiger partial charge in [-0.2, -0.15) is 0 Å². The second kappa shape index (κ2) is 6.78. The Balaban J connectivity index is 1.90. The van der Waals surface area contributed by atoms with Crippen molar-refractivity contribution in [1.82, 2.24) is 10.2 Å². The van der Waals surface area contributed by atoms with E-state index < -0.39 is 0 Å². The van der Waals surface area contributed by atoms with Gasteiger partial charge in [-0.25, -0.2) is 4.39 Å². The van der Waals surface area contributed by atoms with Crippen molar-refractivity contribution in [2.24, 2.45) is 0 Å². The molecule has 1 amide bonds. The third-order valence-corrected chi connectivity index (χ3v) is 5.13. The van der Waals surface area contributed by atoms with E-state index in [-0.39, 0.29) is 17.8 Å². The maximum Gasteiger partial charge on any atom is 0.254 e. The Morgan fingerprint density at radius 1 is 1.18 bits per heavy atom. The van der Waals surface area contributed by atoms with Gasteiger partial charge in [-0.3, -0.25) is 4.79 Å². The average Bonchev–Trinajstić information content (AvgIpc) is 3.05. The van der Waals surface area contributed by atoms with E-state index in [2.05, 4.69) is 10.2 Å².